The zero-order chi connectivity index (χ0) is 20.7. The number of ether oxygens (including phenoxy) is 1. The van der Waals surface area contributed by atoms with E-state index in [1.807, 2.05) is 0 Å². The van der Waals surface area contributed by atoms with Gasteiger partial charge in [-0.15, -0.1) is 0 Å². The monoisotopic (exact) mass is 392 g/mol. The molecule has 0 saturated carbocycles. The predicted molar refractivity (Wildman–Crippen MR) is 99.5 cm³/mol. The summed E-state index contributed by atoms with van der Waals surface area (Å²) >= 11 is 0. The molecule has 0 unspecified atom stereocenters. The lowest BCUT2D eigenvalue weighted by Crippen LogP contribution is -2.23. The van der Waals surface area contributed by atoms with Gasteiger partial charge in [0.1, 0.15) is 5.82 Å². The molecule has 0 saturated heterocycles. The fourth-order valence-corrected chi connectivity index (χ4v) is 2.39. The number of carbonyl (C=O) groups excluding carboxylic acids is 2. The quantitative estimate of drug-likeness (QED) is 0.720. The molecule has 2 heterocycles. The van der Waals surface area contributed by atoms with Crippen LogP contribution in [0.1, 0.15) is 40.5 Å². The fraction of sp³-hybridized carbons (Fsp3) is 0.368. The van der Waals surface area contributed by atoms with Crippen molar-refractivity contribution < 1.29 is 23.1 Å². The second-order valence-corrected chi connectivity index (χ2v) is 6.13. The molecule has 28 heavy (non-hydrogen) atoms. The van der Waals surface area contributed by atoms with Crippen LogP contribution in [0.3, 0.4) is 0 Å². The van der Waals surface area contributed by atoms with E-state index in [0.717, 1.165) is 0 Å². The highest BCUT2D eigenvalue weighted by Crippen LogP contribution is 2.16. The van der Waals surface area contributed by atoms with Gasteiger partial charge in [-0.1, -0.05) is 6.92 Å². The Bertz CT molecular complexity index is 859. The maximum atomic E-state index is 12.4. The van der Waals surface area contributed by atoms with E-state index in [4.69, 9.17) is 4.74 Å². The Hall–Kier alpha value is -3.10. The number of halogens is 2. The lowest BCUT2D eigenvalue weighted by Gasteiger charge is -2.11. The van der Waals surface area contributed by atoms with Gasteiger partial charge in [0, 0.05) is 36.0 Å². The molecular formula is C19H22F2N4O3. The molecule has 9 heteroatoms. The van der Waals surface area contributed by atoms with Gasteiger partial charge in [0.25, 0.3) is 12.3 Å². The number of rotatable bonds is 8. The van der Waals surface area contributed by atoms with Crippen LogP contribution in [-0.2, 0) is 11.3 Å². The molecule has 0 spiro atoms. The summed E-state index contributed by atoms with van der Waals surface area (Å²) in [4.78, 5) is 32.1. The van der Waals surface area contributed by atoms with Crippen LogP contribution >= 0.6 is 0 Å². The van der Waals surface area contributed by atoms with E-state index in [2.05, 4.69) is 20.6 Å². The van der Waals surface area contributed by atoms with Gasteiger partial charge in [-0.05, 0) is 37.6 Å². The molecule has 2 N–H and O–H groups in total. The van der Waals surface area contributed by atoms with E-state index in [0.29, 0.717) is 34.6 Å². The summed E-state index contributed by atoms with van der Waals surface area (Å²) in [6.45, 7) is 4.61. The van der Waals surface area contributed by atoms with Gasteiger partial charge in [0.05, 0.1) is 0 Å². The standard InChI is InChI=1S/C19H22F2N4O3/c1-4-17(26)25-16-7-14(6-12(3)24-16)18(27)22-8-13-5-11(2)19(23-9-13)28-10-15(20)21/h5-7,9,15H,4,8,10H2,1-3H3,(H,22,27)(H,24,25,26). The number of anilines is 1. The number of hydrogen-bond donors (Lipinski definition) is 2. The minimum atomic E-state index is -2.57. The molecule has 2 aromatic heterocycles. The molecule has 0 atom stereocenters. The summed E-state index contributed by atoms with van der Waals surface area (Å²) < 4.78 is 29.4. The highest BCUT2D eigenvalue weighted by atomic mass is 19.3. The first-order chi connectivity index (χ1) is 13.3. The number of carbonyl (C=O) groups is 2. The van der Waals surface area contributed by atoms with Crippen molar-refractivity contribution in [1.82, 2.24) is 15.3 Å². The highest BCUT2D eigenvalue weighted by molar-refractivity contribution is 5.96. The van der Waals surface area contributed by atoms with Crippen molar-refractivity contribution in [3.8, 4) is 5.88 Å². The number of pyridine rings is 2. The van der Waals surface area contributed by atoms with Gasteiger partial charge < -0.3 is 15.4 Å². The third-order valence-electron chi connectivity index (χ3n) is 3.69. The van der Waals surface area contributed by atoms with Crippen molar-refractivity contribution in [2.45, 2.75) is 40.2 Å². The third-order valence-corrected chi connectivity index (χ3v) is 3.69. The largest absolute Gasteiger partial charge is 0.471 e. The topological polar surface area (TPSA) is 93.2 Å². The molecule has 7 nitrogen and oxygen atoms in total. The van der Waals surface area contributed by atoms with E-state index in [1.54, 1.807) is 32.9 Å². The Morgan fingerprint density at radius 2 is 1.96 bits per heavy atom. The van der Waals surface area contributed by atoms with Crippen molar-refractivity contribution in [3.63, 3.8) is 0 Å². The predicted octanol–water partition coefficient (Wildman–Crippen LogP) is 3.02. The lowest BCUT2D eigenvalue weighted by molar-refractivity contribution is -0.115. The van der Waals surface area contributed by atoms with Crippen LogP contribution in [0.2, 0.25) is 0 Å². The molecule has 2 rings (SSSR count). The minimum absolute atomic E-state index is 0.136. The number of aromatic nitrogens is 2. The van der Waals surface area contributed by atoms with E-state index in [1.165, 1.54) is 12.3 Å². The number of amides is 2. The van der Waals surface area contributed by atoms with Crippen LogP contribution in [0.25, 0.3) is 0 Å². The van der Waals surface area contributed by atoms with Crippen LogP contribution in [0.15, 0.2) is 24.4 Å². The number of nitrogens with one attached hydrogen (secondary N) is 2. The second kappa shape index (κ2) is 9.72. The molecule has 0 aliphatic heterocycles. The van der Waals surface area contributed by atoms with Crippen molar-refractivity contribution in [3.05, 3.63) is 46.8 Å². The van der Waals surface area contributed by atoms with Crippen LogP contribution in [0, 0.1) is 13.8 Å². The average molecular weight is 392 g/mol. The zero-order valence-corrected chi connectivity index (χ0v) is 15.9. The number of alkyl halides is 2. The Kier molecular flexibility index (Phi) is 7.36. The Morgan fingerprint density at radius 1 is 1.21 bits per heavy atom. The highest BCUT2D eigenvalue weighted by Gasteiger charge is 2.11. The Labute approximate surface area is 161 Å². The third kappa shape index (κ3) is 6.26. The minimum Gasteiger partial charge on any atom is -0.471 e. The van der Waals surface area contributed by atoms with E-state index < -0.39 is 13.0 Å². The van der Waals surface area contributed by atoms with Crippen molar-refractivity contribution in [2.24, 2.45) is 0 Å². The summed E-state index contributed by atoms with van der Waals surface area (Å²) in [5.41, 5.74) is 2.25. The van der Waals surface area contributed by atoms with Gasteiger partial charge in [0.2, 0.25) is 11.8 Å². The first kappa shape index (κ1) is 21.2. The molecule has 150 valence electrons. The number of aryl methyl sites for hydroxylation is 2. The summed E-state index contributed by atoms with van der Waals surface area (Å²) in [6.07, 6.45) is -0.810. The first-order valence-corrected chi connectivity index (χ1v) is 8.71. The molecule has 0 fully saturated rings. The van der Waals surface area contributed by atoms with Gasteiger partial charge in [-0.25, -0.2) is 18.7 Å². The van der Waals surface area contributed by atoms with Crippen molar-refractivity contribution >= 4 is 17.6 Å². The van der Waals surface area contributed by atoms with Gasteiger partial charge >= 0.3 is 0 Å². The molecule has 2 aromatic rings. The van der Waals surface area contributed by atoms with Gasteiger partial charge in [-0.3, -0.25) is 9.59 Å². The number of hydrogen-bond acceptors (Lipinski definition) is 5. The summed E-state index contributed by atoms with van der Waals surface area (Å²) in [5, 5.41) is 5.38. The van der Waals surface area contributed by atoms with Crippen LogP contribution in [-0.4, -0.2) is 34.8 Å². The maximum Gasteiger partial charge on any atom is 0.272 e. The first-order valence-electron chi connectivity index (χ1n) is 8.71. The van der Waals surface area contributed by atoms with E-state index in [-0.39, 0.29) is 24.2 Å². The van der Waals surface area contributed by atoms with Crippen LogP contribution < -0.4 is 15.4 Å². The summed E-state index contributed by atoms with van der Waals surface area (Å²) in [7, 11) is 0. The van der Waals surface area contributed by atoms with Crippen molar-refractivity contribution in [2.75, 3.05) is 11.9 Å². The normalized spacial score (nSPS) is 10.6. The van der Waals surface area contributed by atoms with Crippen LogP contribution in [0.4, 0.5) is 14.6 Å². The summed E-state index contributed by atoms with van der Waals surface area (Å²) in [5.74, 6) is -0.0835. The van der Waals surface area contributed by atoms with Gasteiger partial charge in [0.15, 0.2) is 6.61 Å². The molecule has 0 aliphatic rings. The van der Waals surface area contributed by atoms with E-state index in [9.17, 15) is 18.4 Å². The fourth-order valence-electron chi connectivity index (χ4n) is 2.39. The second-order valence-electron chi connectivity index (χ2n) is 6.13. The molecule has 0 bridgehead atoms. The Balaban J connectivity index is 2.02. The Morgan fingerprint density at radius 3 is 2.61 bits per heavy atom. The molecule has 0 radical (unpaired) electrons. The maximum absolute atomic E-state index is 12.4. The van der Waals surface area contributed by atoms with Crippen molar-refractivity contribution in [1.29, 1.82) is 0 Å². The van der Waals surface area contributed by atoms with Crippen LogP contribution in [0.5, 0.6) is 5.88 Å². The molecular weight excluding hydrogens is 370 g/mol. The zero-order valence-electron chi connectivity index (χ0n) is 15.9. The average Bonchev–Trinajstić information content (AvgIpc) is 2.64. The molecule has 0 aliphatic carbocycles. The molecule has 2 amide bonds. The van der Waals surface area contributed by atoms with E-state index >= 15 is 0 Å². The number of nitrogens with zero attached hydrogens (tertiary/aromatic N) is 2. The molecule has 0 aromatic carbocycles. The summed E-state index contributed by atoms with van der Waals surface area (Å²) in [6, 6.07) is 4.82. The smallest absolute Gasteiger partial charge is 0.272 e. The lowest BCUT2D eigenvalue weighted by atomic mass is 10.2. The van der Waals surface area contributed by atoms with Gasteiger partial charge in [-0.2, -0.15) is 0 Å². The SMILES string of the molecule is CCC(=O)Nc1cc(C(=O)NCc2cnc(OCC(F)F)c(C)c2)cc(C)n1.